The molecule has 3 rings (SSSR count). The zero-order valence-electron chi connectivity index (χ0n) is 12.0. The molecule has 0 aromatic heterocycles. The molecule has 0 aromatic carbocycles. The first-order chi connectivity index (χ1) is 9.75. The van der Waals surface area contributed by atoms with Crippen LogP contribution < -0.4 is 5.32 Å². The Morgan fingerprint density at radius 2 is 1.90 bits per heavy atom. The topological polar surface area (TPSA) is 49.4 Å². The maximum Gasteiger partial charge on any atom is 0.245 e. The van der Waals surface area contributed by atoms with E-state index in [0.29, 0.717) is 24.9 Å². The van der Waals surface area contributed by atoms with Gasteiger partial charge in [0.05, 0.1) is 0 Å². The number of hydrogen-bond acceptors (Lipinski definition) is 3. The molecule has 1 aliphatic carbocycles. The number of thioether (sulfide) groups is 1. The van der Waals surface area contributed by atoms with Gasteiger partial charge in [-0.15, -0.1) is 0 Å². The summed E-state index contributed by atoms with van der Waals surface area (Å²) < 4.78 is 0. The molecular formula is C15H24N2O2S. The van der Waals surface area contributed by atoms with E-state index in [9.17, 15) is 9.59 Å². The highest BCUT2D eigenvalue weighted by atomic mass is 32.2. The Morgan fingerprint density at radius 1 is 1.10 bits per heavy atom. The van der Waals surface area contributed by atoms with Crippen molar-refractivity contribution in [3.8, 4) is 0 Å². The normalized spacial score (nSPS) is 33.1. The lowest BCUT2D eigenvalue weighted by atomic mass is 9.83. The van der Waals surface area contributed by atoms with E-state index < -0.39 is 0 Å². The quantitative estimate of drug-likeness (QED) is 0.845. The summed E-state index contributed by atoms with van der Waals surface area (Å²) in [7, 11) is 0. The molecule has 1 N–H and O–H groups in total. The molecule has 0 radical (unpaired) electrons. The van der Waals surface area contributed by atoms with Crippen molar-refractivity contribution in [2.24, 2.45) is 5.92 Å². The second kappa shape index (κ2) is 6.37. The van der Waals surface area contributed by atoms with Gasteiger partial charge in [-0.2, -0.15) is 11.8 Å². The number of amides is 2. The first-order valence-corrected chi connectivity index (χ1v) is 9.09. The lowest BCUT2D eigenvalue weighted by Gasteiger charge is -2.34. The van der Waals surface area contributed by atoms with Crippen molar-refractivity contribution in [3.05, 3.63) is 0 Å². The fourth-order valence-corrected chi connectivity index (χ4v) is 4.96. The first-order valence-electron chi connectivity index (χ1n) is 7.93. The Morgan fingerprint density at radius 3 is 2.60 bits per heavy atom. The van der Waals surface area contributed by atoms with E-state index in [0.717, 1.165) is 30.8 Å². The molecule has 3 fully saturated rings. The monoisotopic (exact) mass is 296 g/mol. The van der Waals surface area contributed by atoms with Crippen LogP contribution in [0.15, 0.2) is 0 Å². The van der Waals surface area contributed by atoms with Gasteiger partial charge in [-0.1, -0.05) is 19.3 Å². The minimum Gasteiger partial charge on any atom is -0.344 e. The minimum absolute atomic E-state index is 0.0575. The van der Waals surface area contributed by atoms with Crippen molar-refractivity contribution in [3.63, 3.8) is 0 Å². The molecule has 0 bridgehead atoms. The SMILES string of the molecule is O=C1CCN(C2CCSC2)C(=O)C(C2CCCCC2)N1. The number of carbonyl (C=O) groups is 2. The molecule has 0 aromatic rings. The van der Waals surface area contributed by atoms with Crippen LogP contribution in [0.3, 0.4) is 0 Å². The van der Waals surface area contributed by atoms with E-state index in [2.05, 4.69) is 5.32 Å². The Hall–Kier alpha value is -0.710. The molecule has 0 spiro atoms. The predicted molar refractivity (Wildman–Crippen MR) is 80.6 cm³/mol. The molecular weight excluding hydrogens is 272 g/mol. The van der Waals surface area contributed by atoms with Crippen LogP contribution in [0.25, 0.3) is 0 Å². The molecule has 1 saturated carbocycles. The number of nitrogens with zero attached hydrogens (tertiary/aromatic N) is 1. The van der Waals surface area contributed by atoms with Crippen LogP contribution in [0, 0.1) is 5.92 Å². The van der Waals surface area contributed by atoms with E-state index in [4.69, 9.17) is 0 Å². The number of hydrogen-bond donors (Lipinski definition) is 1. The van der Waals surface area contributed by atoms with Crippen molar-refractivity contribution >= 4 is 23.6 Å². The van der Waals surface area contributed by atoms with Crippen LogP contribution in [0.5, 0.6) is 0 Å². The van der Waals surface area contributed by atoms with Crippen LogP contribution in [0.1, 0.15) is 44.9 Å². The highest BCUT2D eigenvalue weighted by Crippen LogP contribution is 2.30. The summed E-state index contributed by atoms with van der Waals surface area (Å²) in [5, 5.41) is 3.01. The summed E-state index contributed by atoms with van der Waals surface area (Å²) in [6, 6.07) is 0.0993. The Labute approximate surface area is 125 Å². The summed E-state index contributed by atoms with van der Waals surface area (Å²) in [6.07, 6.45) is 7.40. The molecule has 20 heavy (non-hydrogen) atoms. The Bertz CT molecular complexity index is 376. The fraction of sp³-hybridized carbons (Fsp3) is 0.867. The fourth-order valence-electron chi connectivity index (χ4n) is 3.74. The smallest absolute Gasteiger partial charge is 0.245 e. The number of rotatable bonds is 2. The molecule has 2 heterocycles. The summed E-state index contributed by atoms with van der Waals surface area (Å²) in [4.78, 5) is 26.8. The lowest BCUT2D eigenvalue weighted by Crippen LogP contribution is -2.52. The van der Waals surface area contributed by atoms with Gasteiger partial charge in [0.1, 0.15) is 6.04 Å². The van der Waals surface area contributed by atoms with E-state index in [1.54, 1.807) is 0 Å². The van der Waals surface area contributed by atoms with Gasteiger partial charge in [0, 0.05) is 24.8 Å². The van der Waals surface area contributed by atoms with Gasteiger partial charge in [0.2, 0.25) is 11.8 Å². The molecule has 2 aliphatic heterocycles. The van der Waals surface area contributed by atoms with Gasteiger partial charge >= 0.3 is 0 Å². The molecule has 2 unspecified atom stereocenters. The maximum absolute atomic E-state index is 12.9. The first kappa shape index (κ1) is 14.2. The van der Waals surface area contributed by atoms with Crippen LogP contribution in [-0.2, 0) is 9.59 Å². The third-order valence-electron chi connectivity index (χ3n) is 4.91. The van der Waals surface area contributed by atoms with Gasteiger partial charge in [0.15, 0.2) is 0 Å². The number of carbonyl (C=O) groups excluding carboxylic acids is 2. The molecule has 5 heteroatoms. The average Bonchev–Trinajstić information content (AvgIpc) is 2.95. The van der Waals surface area contributed by atoms with Gasteiger partial charge in [-0.3, -0.25) is 9.59 Å². The molecule has 3 aliphatic rings. The lowest BCUT2D eigenvalue weighted by molar-refractivity contribution is -0.137. The highest BCUT2D eigenvalue weighted by molar-refractivity contribution is 7.99. The molecule has 4 nitrogen and oxygen atoms in total. The van der Waals surface area contributed by atoms with Crippen molar-refractivity contribution in [2.45, 2.75) is 57.0 Å². The molecule has 2 atom stereocenters. The van der Waals surface area contributed by atoms with Crippen LogP contribution >= 0.6 is 11.8 Å². The van der Waals surface area contributed by atoms with Crippen LogP contribution in [0.4, 0.5) is 0 Å². The van der Waals surface area contributed by atoms with E-state index in [1.165, 1.54) is 19.3 Å². The maximum atomic E-state index is 12.9. The van der Waals surface area contributed by atoms with Crippen molar-refractivity contribution in [2.75, 3.05) is 18.1 Å². The van der Waals surface area contributed by atoms with Gasteiger partial charge in [-0.05, 0) is 30.9 Å². The largest absolute Gasteiger partial charge is 0.344 e. The molecule has 2 amide bonds. The Balaban J connectivity index is 1.75. The third kappa shape index (κ3) is 2.97. The Kier molecular flexibility index (Phi) is 4.54. The second-order valence-corrected chi connectivity index (χ2v) is 7.39. The van der Waals surface area contributed by atoms with Crippen LogP contribution in [0.2, 0.25) is 0 Å². The average molecular weight is 296 g/mol. The summed E-state index contributed by atoms with van der Waals surface area (Å²) >= 11 is 1.92. The summed E-state index contributed by atoms with van der Waals surface area (Å²) in [6.45, 7) is 0.610. The van der Waals surface area contributed by atoms with E-state index in [1.807, 2.05) is 16.7 Å². The third-order valence-corrected chi connectivity index (χ3v) is 6.06. The van der Waals surface area contributed by atoms with Crippen LogP contribution in [-0.4, -0.2) is 46.8 Å². The zero-order valence-corrected chi connectivity index (χ0v) is 12.8. The molecule has 2 saturated heterocycles. The van der Waals surface area contributed by atoms with Gasteiger partial charge in [0.25, 0.3) is 0 Å². The summed E-state index contributed by atoms with van der Waals surface area (Å²) in [5.74, 6) is 2.79. The summed E-state index contributed by atoms with van der Waals surface area (Å²) in [5.41, 5.74) is 0. The van der Waals surface area contributed by atoms with Crippen molar-refractivity contribution in [1.82, 2.24) is 10.2 Å². The van der Waals surface area contributed by atoms with E-state index >= 15 is 0 Å². The van der Waals surface area contributed by atoms with Gasteiger partial charge < -0.3 is 10.2 Å². The molecule has 112 valence electrons. The minimum atomic E-state index is -0.254. The number of nitrogens with one attached hydrogen (secondary N) is 1. The van der Waals surface area contributed by atoms with Crippen molar-refractivity contribution < 1.29 is 9.59 Å². The standard InChI is InChI=1S/C15H24N2O2S/c18-13-6-8-17(12-7-9-20-10-12)15(19)14(16-13)11-4-2-1-3-5-11/h11-12,14H,1-10H2,(H,16,18). The zero-order chi connectivity index (χ0) is 13.9. The highest BCUT2D eigenvalue weighted by Gasteiger charge is 2.39. The van der Waals surface area contributed by atoms with E-state index in [-0.39, 0.29) is 17.9 Å². The van der Waals surface area contributed by atoms with Gasteiger partial charge in [-0.25, -0.2) is 0 Å². The second-order valence-electron chi connectivity index (χ2n) is 6.24. The van der Waals surface area contributed by atoms with Crippen molar-refractivity contribution in [1.29, 1.82) is 0 Å². The predicted octanol–water partition coefficient (Wildman–Crippen LogP) is 1.79.